The lowest BCUT2D eigenvalue weighted by molar-refractivity contribution is 0.0505. The predicted molar refractivity (Wildman–Crippen MR) is 83.4 cm³/mol. The molecule has 1 fully saturated rings. The Morgan fingerprint density at radius 3 is 2.71 bits per heavy atom. The normalized spacial score (nSPS) is 21.9. The summed E-state index contributed by atoms with van der Waals surface area (Å²) in [6.07, 6.45) is 4.38. The van der Waals surface area contributed by atoms with E-state index < -0.39 is 5.60 Å². The largest absolute Gasteiger partial charge is 0.444 e. The maximum atomic E-state index is 11.8. The Bertz CT molecular complexity index is 497. The molecule has 2 rings (SSSR count). The van der Waals surface area contributed by atoms with E-state index in [-0.39, 0.29) is 12.1 Å². The summed E-state index contributed by atoms with van der Waals surface area (Å²) in [4.78, 5) is 16.0. The van der Waals surface area contributed by atoms with E-state index in [1.165, 1.54) is 0 Å². The van der Waals surface area contributed by atoms with Gasteiger partial charge in [0.1, 0.15) is 5.60 Å². The molecule has 0 aliphatic heterocycles. The first-order chi connectivity index (χ1) is 9.83. The number of hydrogen-bond donors (Lipinski definition) is 2. The zero-order valence-corrected chi connectivity index (χ0v) is 13.3. The zero-order valence-electron chi connectivity index (χ0n) is 13.3. The minimum absolute atomic E-state index is 0.175. The van der Waals surface area contributed by atoms with Gasteiger partial charge in [-0.2, -0.15) is 0 Å². The van der Waals surface area contributed by atoms with Crippen LogP contribution in [0.15, 0.2) is 18.3 Å². The number of hydrogen-bond acceptors (Lipinski definition) is 4. The molecule has 0 radical (unpaired) electrons. The lowest BCUT2D eigenvalue weighted by Gasteiger charge is -2.22. The van der Waals surface area contributed by atoms with Gasteiger partial charge < -0.3 is 15.4 Å². The van der Waals surface area contributed by atoms with E-state index in [2.05, 4.69) is 15.6 Å². The van der Waals surface area contributed by atoms with E-state index in [4.69, 9.17) is 4.74 Å². The molecule has 0 bridgehead atoms. The summed E-state index contributed by atoms with van der Waals surface area (Å²) in [5.41, 5.74) is 1.62. The van der Waals surface area contributed by atoms with Crippen LogP contribution in [0.3, 0.4) is 0 Å². The average molecular weight is 291 g/mol. The zero-order chi connectivity index (χ0) is 15.5. The van der Waals surface area contributed by atoms with Gasteiger partial charge in [0, 0.05) is 18.3 Å². The van der Waals surface area contributed by atoms with Gasteiger partial charge in [-0.05, 0) is 59.1 Å². The van der Waals surface area contributed by atoms with Crippen molar-refractivity contribution in [2.75, 3.05) is 5.32 Å². The van der Waals surface area contributed by atoms with E-state index >= 15 is 0 Å². The van der Waals surface area contributed by atoms with Crippen molar-refractivity contribution >= 4 is 11.8 Å². The Balaban J connectivity index is 1.81. The van der Waals surface area contributed by atoms with Crippen molar-refractivity contribution in [2.45, 2.75) is 64.6 Å². The smallest absolute Gasteiger partial charge is 0.407 e. The third-order valence-corrected chi connectivity index (χ3v) is 3.52. The second kappa shape index (κ2) is 6.33. The highest BCUT2D eigenvalue weighted by Gasteiger charge is 2.27. The quantitative estimate of drug-likeness (QED) is 0.897. The van der Waals surface area contributed by atoms with Crippen LogP contribution in [0, 0.1) is 6.92 Å². The third kappa shape index (κ3) is 4.92. The van der Waals surface area contributed by atoms with Crippen LogP contribution in [0.2, 0.25) is 0 Å². The molecule has 0 aromatic carbocycles. The SMILES string of the molecule is Cc1ncccc1NC1CCC(NC(=O)OC(C)(C)C)C1. The predicted octanol–water partition coefficient (Wildman–Crippen LogP) is 3.25. The average Bonchev–Trinajstić information content (AvgIpc) is 2.77. The Labute approximate surface area is 126 Å². The van der Waals surface area contributed by atoms with Gasteiger partial charge >= 0.3 is 6.09 Å². The molecule has 5 nitrogen and oxygen atoms in total. The molecule has 116 valence electrons. The number of pyridine rings is 1. The summed E-state index contributed by atoms with van der Waals surface area (Å²) in [6, 6.07) is 4.51. The number of amides is 1. The van der Waals surface area contributed by atoms with E-state index in [0.29, 0.717) is 6.04 Å². The number of nitrogens with one attached hydrogen (secondary N) is 2. The monoisotopic (exact) mass is 291 g/mol. The van der Waals surface area contributed by atoms with Crippen LogP contribution in [-0.4, -0.2) is 28.8 Å². The number of carbonyl (C=O) groups excluding carboxylic acids is 1. The van der Waals surface area contributed by atoms with Crippen LogP contribution in [0.1, 0.15) is 45.7 Å². The van der Waals surface area contributed by atoms with Crippen molar-refractivity contribution in [3.63, 3.8) is 0 Å². The number of rotatable bonds is 3. The molecule has 2 N–H and O–H groups in total. The highest BCUT2D eigenvalue weighted by Crippen LogP contribution is 2.24. The molecule has 0 spiro atoms. The maximum absolute atomic E-state index is 11.8. The van der Waals surface area contributed by atoms with Crippen LogP contribution in [0.5, 0.6) is 0 Å². The molecule has 1 amide bonds. The van der Waals surface area contributed by atoms with E-state index in [1.54, 1.807) is 6.20 Å². The fourth-order valence-corrected chi connectivity index (χ4v) is 2.57. The van der Waals surface area contributed by atoms with E-state index in [0.717, 1.165) is 30.6 Å². The highest BCUT2D eigenvalue weighted by atomic mass is 16.6. The molecular weight excluding hydrogens is 266 g/mol. The lowest BCUT2D eigenvalue weighted by Crippen LogP contribution is -2.38. The minimum Gasteiger partial charge on any atom is -0.444 e. The number of carbonyl (C=O) groups is 1. The van der Waals surface area contributed by atoms with Crippen molar-refractivity contribution in [1.82, 2.24) is 10.3 Å². The van der Waals surface area contributed by atoms with Crippen LogP contribution in [0.25, 0.3) is 0 Å². The van der Waals surface area contributed by atoms with Crippen molar-refractivity contribution in [3.8, 4) is 0 Å². The highest BCUT2D eigenvalue weighted by molar-refractivity contribution is 5.68. The minimum atomic E-state index is -0.451. The standard InChI is InChI=1S/C16H25N3O2/c1-11-14(6-5-9-17-11)18-12-7-8-13(10-12)19-15(20)21-16(2,3)4/h5-6,9,12-13,18H,7-8,10H2,1-4H3,(H,19,20). The number of nitrogens with zero attached hydrogens (tertiary/aromatic N) is 1. The molecule has 2 atom stereocenters. The van der Waals surface area contributed by atoms with E-state index in [9.17, 15) is 4.79 Å². The van der Waals surface area contributed by atoms with Crippen LogP contribution < -0.4 is 10.6 Å². The Morgan fingerprint density at radius 2 is 2.05 bits per heavy atom. The molecule has 0 saturated heterocycles. The molecule has 1 aliphatic rings. The molecule has 1 heterocycles. The first-order valence-electron chi connectivity index (χ1n) is 7.51. The Morgan fingerprint density at radius 1 is 1.33 bits per heavy atom. The fourth-order valence-electron chi connectivity index (χ4n) is 2.57. The van der Waals surface area contributed by atoms with Crippen molar-refractivity contribution in [1.29, 1.82) is 0 Å². The summed E-state index contributed by atoms with van der Waals surface area (Å²) >= 11 is 0. The third-order valence-electron chi connectivity index (χ3n) is 3.52. The molecular formula is C16H25N3O2. The van der Waals surface area contributed by atoms with Crippen LogP contribution in [0.4, 0.5) is 10.5 Å². The first kappa shape index (κ1) is 15.6. The number of alkyl carbamates (subject to hydrolysis) is 1. The fraction of sp³-hybridized carbons (Fsp3) is 0.625. The first-order valence-corrected chi connectivity index (χ1v) is 7.51. The summed E-state index contributed by atoms with van der Waals surface area (Å²) < 4.78 is 5.29. The van der Waals surface area contributed by atoms with Gasteiger partial charge in [0.15, 0.2) is 0 Å². The second-order valence-electron chi connectivity index (χ2n) is 6.63. The molecule has 1 aromatic rings. The van der Waals surface area contributed by atoms with Gasteiger partial charge in [0.2, 0.25) is 0 Å². The molecule has 21 heavy (non-hydrogen) atoms. The Kier molecular flexibility index (Phi) is 4.70. The van der Waals surface area contributed by atoms with Crippen LogP contribution in [-0.2, 0) is 4.74 Å². The van der Waals surface area contributed by atoms with Gasteiger partial charge in [-0.3, -0.25) is 4.98 Å². The van der Waals surface area contributed by atoms with Crippen molar-refractivity contribution < 1.29 is 9.53 Å². The molecule has 1 aliphatic carbocycles. The summed E-state index contributed by atoms with van der Waals surface area (Å²) in [5, 5.41) is 6.45. The number of anilines is 1. The molecule has 2 unspecified atom stereocenters. The number of ether oxygens (including phenoxy) is 1. The van der Waals surface area contributed by atoms with Gasteiger partial charge in [-0.15, -0.1) is 0 Å². The Hall–Kier alpha value is -1.78. The molecule has 1 aromatic heterocycles. The second-order valence-corrected chi connectivity index (χ2v) is 6.63. The summed E-state index contributed by atoms with van der Waals surface area (Å²) in [7, 11) is 0. The van der Waals surface area contributed by atoms with Gasteiger partial charge in [0.05, 0.1) is 11.4 Å². The maximum Gasteiger partial charge on any atom is 0.407 e. The van der Waals surface area contributed by atoms with Gasteiger partial charge in [-0.1, -0.05) is 0 Å². The van der Waals surface area contributed by atoms with Crippen LogP contribution >= 0.6 is 0 Å². The summed E-state index contributed by atoms with van der Waals surface area (Å²) in [5.74, 6) is 0. The van der Waals surface area contributed by atoms with Gasteiger partial charge in [0.25, 0.3) is 0 Å². The van der Waals surface area contributed by atoms with Gasteiger partial charge in [-0.25, -0.2) is 4.79 Å². The number of aryl methyl sites for hydroxylation is 1. The number of aromatic nitrogens is 1. The van der Waals surface area contributed by atoms with Crippen molar-refractivity contribution in [3.05, 3.63) is 24.0 Å². The topological polar surface area (TPSA) is 63.2 Å². The van der Waals surface area contributed by atoms with E-state index in [1.807, 2.05) is 39.8 Å². The summed E-state index contributed by atoms with van der Waals surface area (Å²) in [6.45, 7) is 7.61. The van der Waals surface area contributed by atoms with Crippen molar-refractivity contribution in [2.24, 2.45) is 0 Å². The molecule has 1 saturated carbocycles. The molecule has 5 heteroatoms. The lowest BCUT2D eigenvalue weighted by atomic mass is 10.2.